The van der Waals surface area contributed by atoms with Gasteiger partial charge in [0, 0.05) is 12.4 Å². The molecule has 0 saturated carbocycles. The van der Waals surface area contributed by atoms with E-state index in [1.54, 1.807) is 0 Å². The van der Waals surface area contributed by atoms with E-state index in [0.29, 0.717) is 0 Å². The third kappa shape index (κ3) is 8.95. The maximum Gasteiger partial charge on any atom is 1.00 e. The van der Waals surface area contributed by atoms with Crippen molar-refractivity contribution in [1.82, 2.24) is 5.48 Å². The van der Waals surface area contributed by atoms with E-state index < -0.39 is 24.4 Å². The fourth-order valence-corrected chi connectivity index (χ4v) is 0.348. The molecule has 0 unspecified atom stereocenters. The summed E-state index contributed by atoms with van der Waals surface area (Å²) in [6.07, 6.45) is -0.821. The van der Waals surface area contributed by atoms with Crippen molar-refractivity contribution in [3.8, 4) is 0 Å². The quantitative estimate of drug-likeness (QED) is 0.338. The van der Waals surface area contributed by atoms with Crippen molar-refractivity contribution in [3.05, 3.63) is 0 Å². The largest absolute Gasteiger partial charge is 1.00 e. The van der Waals surface area contributed by atoms with Gasteiger partial charge in [0.05, 0.1) is 12.0 Å². The van der Waals surface area contributed by atoms with Crippen molar-refractivity contribution in [1.29, 1.82) is 0 Å². The number of rotatable bonds is 4. The van der Waals surface area contributed by atoms with Crippen LogP contribution in [-0.4, -0.2) is 23.2 Å². The van der Waals surface area contributed by atoms with Gasteiger partial charge in [-0.3, -0.25) is 0 Å². The number of nitrogens with one attached hydrogen (secondary N) is 1. The van der Waals surface area contributed by atoms with E-state index in [1.807, 2.05) is 0 Å². The maximum atomic E-state index is 9.84. The second-order valence-corrected chi connectivity index (χ2v) is 1.58. The van der Waals surface area contributed by atoms with Crippen LogP contribution >= 0.6 is 0 Å². The van der Waals surface area contributed by atoms with Gasteiger partial charge < -0.3 is 25.0 Å². The summed E-state index contributed by atoms with van der Waals surface area (Å²) in [5, 5.41) is 27.5. The molecule has 0 heterocycles. The van der Waals surface area contributed by atoms with Crippen molar-refractivity contribution in [2.75, 3.05) is 0 Å². The molecule has 0 spiro atoms. The minimum absolute atomic E-state index is 0. The van der Waals surface area contributed by atoms with Crippen LogP contribution in [0.2, 0.25) is 0 Å². The first-order valence-corrected chi connectivity index (χ1v) is 2.38. The van der Waals surface area contributed by atoms with Gasteiger partial charge in [-0.1, -0.05) is 0 Å². The van der Waals surface area contributed by atoms with Gasteiger partial charge in [0.1, 0.15) is 0 Å². The normalized spacial score (nSPS) is 10.4. The maximum absolute atomic E-state index is 9.84. The first kappa shape index (κ1) is 18.6. The van der Waals surface area contributed by atoms with E-state index in [2.05, 4.69) is 0 Å². The zero-order chi connectivity index (χ0) is 8.15. The van der Waals surface area contributed by atoms with E-state index in [-0.39, 0.29) is 59.1 Å². The Hall–Kier alpha value is 0.860. The number of carboxylic acid groups (broad SMARTS) is 2. The van der Waals surface area contributed by atoms with Crippen LogP contribution in [0.3, 0.4) is 0 Å². The van der Waals surface area contributed by atoms with Crippen LogP contribution in [0.4, 0.5) is 0 Å². The average molecular weight is 193 g/mol. The molecular formula is C4H5NNa2O5. The molecule has 0 aliphatic carbocycles. The SMILES string of the molecule is O=C([O-])C[C@H](NO)C(=O)[O-].[Na+].[Na+]. The summed E-state index contributed by atoms with van der Waals surface area (Å²) in [5.74, 6) is -3.26. The summed E-state index contributed by atoms with van der Waals surface area (Å²) in [5.41, 5.74) is 1.25. The van der Waals surface area contributed by atoms with Crippen LogP contribution < -0.4 is 74.8 Å². The zero-order valence-electron chi connectivity index (χ0n) is 6.86. The molecule has 8 heteroatoms. The van der Waals surface area contributed by atoms with Crippen molar-refractivity contribution in [2.24, 2.45) is 0 Å². The molecule has 0 aromatic rings. The van der Waals surface area contributed by atoms with Gasteiger partial charge in [-0.25, -0.2) is 0 Å². The van der Waals surface area contributed by atoms with E-state index in [4.69, 9.17) is 5.21 Å². The minimum atomic E-state index is -1.69. The fraction of sp³-hybridized carbons (Fsp3) is 0.500. The summed E-state index contributed by atoms with van der Waals surface area (Å²) in [4.78, 5) is 19.6. The number of carbonyl (C=O) groups excluding carboxylic acids is 2. The van der Waals surface area contributed by atoms with Crippen LogP contribution in [-0.2, 0) is 9.59 Å². The predicted octanol–water partition coefficient (Wildman–Crippen LogP) is -9.77. The molecule has 12 heavy (non-hydrogen) atoms. The average Bonchev–Trinajstić information content (AvgIpc) is 1.81. The Morgan fingerprint density at radius 3 is 1.83 bits per heavy atom. The molecule has 0 bridgehead atoms. The Balaban J connectivity index is -0.000000405. The first-order chi connectivity index (χ1) is 4.57. The number of hydroxylamine groups is 1. The molecule has 6 nitrogen and oxygen atoms in total. The van der Waals surface area contributed by atoms with Gasteiger partial charge in [-0.15, -0.1) is 0 Å². The second kappa shape index (κ2) is 9.94. The Kier molecular flexibility index (Phi) is 15.4. The monoisotopic (exact) mass is 193 g/mol. The van der Waals surface area contributed by atoms with E-state index in [9.17, 15) is 19.8 Å². The van der Waals surface area contributed by atoms with Crippen molar-refractivity contribution >= 4 is 11.9 Å². The van der Waals surface area contributed by atoms with Crippen molar-refractivity contribution < 1.29 is 84.1 Å². The van der Waals surface area contributed by atoms with Gasteiger partial charge in [0.2, 0.25) is 0 Å². The Labute approximate surface area is 113 Å². The summed E-state index contributed by atoms with van der Waals surface area (Å²) >= 11 is 0. The molecule has 0 rings (SSSR count). The van der Waals surface area contributed by atoms with E-state index >= 15 is 0 Å². The molecule has 0 aromatic heterocycles. The van der Waals surface area contributed by atoms with Gasteiger partial charge in [0.15, 0.2) is 0 Å². The Morgan fingerprint density at radius 2 is 1.75 bits per heavy atom. The van der Waals surface area contributed by atoms with E-state index in [1.165, 1.54) is 5.48 Å². The minimum Gasteiger partial charge on any atom is -0.550 e. The molecule has 0 saturated heterocycles. The van der Waals surface area contributed by atoms with Crippen LogP contribution in [0.25, 0.3) is 0 Å². The fourth-order valence-electron chi connectivity index (χ4n) is 0.348. The van der Waals surface area contributed by atoms with Crippen LogP contribution in [0.15, 0.2) is 0 Å². The van der Waals surface area contributed by atoms with Crippen LogP contribution in [0, 0.1) is 0 Å². The van der Waals surface area contributed by atoms with Gasteiger partial charge in [-0.05, 0) is 0 Å². The topological polar surface area (TPSA) is 113 Å². The second-order valence-electron chi connectivity index (χ2n) is 1.58. The van der Waals surface area contributed by atoms with Crippen molar-refractivity contribution in [3.63, 3.8) is 0 Å². The number of hydrogen-bond acceptors (Lipinski definition) is 6. The number of aliphatic carboxylic acids is 2. The molecule has 0 amide bonds. The zero-order valence-corrected chi connectivity index (χ0v) is 10.9. The molecule has 0 aromatic carbocycles. The van der Waals surface area contributed by atoms with Gasteiger partial charge >= 0.3 is 59.1 Å². The summed E-state index contributed by atoms with van der Waals surface area (Å²) in [7, 11) is 0. The Morgan fingerprint density at radius 1 is 1.33 bits per heavy atom. The summed E-state index contributed by atoms with van der Waals surface area (Å²) in [6, 6.07) is -1.61. The van der Waals surface area contributed by atoms with Gasteiger partial charge in [0.25, 0.3) is 0 Å². The third-order valence-electron chi connectivity index (χ3n) is 0.811. The molecular weight excluding hydrogens is 188 g/mol. The van der Waals surface area contributed by atoms with Gasteiger partial charge in [-0.2, -0.15) is 5.48 Å². The predicted molar refractivity (Wildman–Crippen MR) is 23.3 cm³/mol. The van der Waals surface area contributed by atoms with Crippen LogP contribution in [0.5, 0.6) is 0 Å². The van der Waals surface area contributed by atoms with Crippen molar-refractivity contribution in [2.45, 2.75) is 12.5 Å². The molecule has 0 fully saturated rings. The number of carboxylic acids is 2. The summed E-state index contributed by atoms with van der Waals surface area (Å²) < 4.78 is 0. The Bertz CT molecular complexity index is 152. The molecule has 0 aliphatic rings. The smallest absolute Gasteiger partial charge is 0.550 e. The van der Waals surface area contributed by atoms with E-state index in [0.717, 1.165) is 0 Å². The summed E-state index contributed by atoms with van der Waals surface area (Å²) in [6.45, 7) is 0. The van der Waals surface area contributed by atoms with Crippen LogP contribution in [0.1, 0.15) is 6.42 Å². The standard InChI is InChI=1S/C4H7NO5.2Na/c6-3(7)1-2(5-10)4(8)9;;/h2,5,10H,1H2,(H,6,7)(H,8,9);;/q;2*+1/p-2/t2-;;/m0../s1. The molecule has 0 radical (unpaired) electrons. The third-order valence-corrected chi connectivity index (χ3v) is 0.811. The molecule has 58 valence electrons. The number of carbonyl (C=O) groups is 2. The number of hydrogen-bond donors (Lipinski definition) is 2. The molecule has 1 atom stereocenters. The first-order valence-electron chi connectivity index (χ1n) is 2.38. The molecule has 2 N–H and O–H groups in total. The molecule has 0 aliphatic heterocycles.